The fraction of sp³-hybridized carbons (Fsp3) is 0.0741. The van der Waals surface area contributed by atoms with Gasteiger partial charge in [-0.15, -0.1) is 0 Å². The van der Waals surface area contributed by atoms with E-state index < -0.39 is 0 Å². The van der Waals surface area contributed by atoms with Gasteiger partial charge in [-0.1, -0.05) is 60.7 Å². The topological polar surface area (TPSA) is 60.8 Å². The third-order valence-corrected chi connectivity index (χ3v) is 5.40. The number of benzene rings is 4. The summed E-state index contributed by atoms with van der Waals surface area (Å²) in [5, 5.41) is 19.5. The van der Waals surface area contributed by atoms with Crippen LogP contribution in [-0.4, -0.2) is 23.2 Å². The Labute approximate surface area is 181 Å². The van der Waals surface area contributed by atoms with E-state index in [9.17, 15) is 15.0 Å². The summed E-state index contributed by atoms with van der Waals surface area (Å²) in [5.41, 5.74) is 4.14. The number of carbonyl (C=O) groups is 1. The summed E-state index contributed by atoms with van der Waals surface area (Å²) >= 11 is 0. The zero-order valence-electron chi connectivity index (χ0n) is 17.1. The molecule has 0 saturated carbocycles. The lowest BCUT2D eigenvalue weighted by Gasteiger charge is -2.24. The molecule has 4 heteroatoms. The molecule has 0 bridgehead atoms. The molecule has 154 valence electrons. The molecule has 1 amide bonds. The van der Waals surface area contributed by atoms with Crippen LogP contribution in [0.2, 0.25) is 0 Å². The second-order valence-electron chi connectivity index (χ2n) is 7.40. The lowest BCUT2D eigenvalue weighted by Crippen LogP contribution is -2.27. The van der Waals surface area contributed by atoms with Crippen molar-refractivity contribution >= 4 is 11.6 Å². The van der Waals surface area contributed by atoms with Gasteiger partial charge in [0, 0.05) is 24.2 Å². The molecule has 0 aromatic heterocycles. The highest BCUT2D eigenvalue weighted by molar-refractivity contribution is 6.07. The van der Waals surface area contributed by atoms with Crippen molar-refractivity contribution in [1.29, 1.82) is 0 Å². The first kappa shape index (κ1) is 20.2. The average Bonchev–Trinajstić information content (AvgIpc) is 2.81. The molecule has 4 aromatic carbocycles. The molecule has 0 heterocycles. The number of aromatic hydroxyl groups is 2. The average molecular weight is 409 g/mol. The summed E-state index contributed by atoms with van der Waals surface area (Å²) in [6, 6.07) is 31.1. The first-order chi connectivity index (χ1) is 15.0. The Morgan fingerprint density at radius 3 is 1.71 bits per heavy atom. The largest absolute Gasteiger partial charge is 0.508 e. The summed E-state index contributed by atoms with van der Waals surface area (Å²) in [6.07, 6.45) is 0. The first-order valence-corrected chi connectivity index (χ1v) is 10.0. The minimum atomic E-state index is -0.245. The van der Waals surface area contributed by atoms with Crippen LogP contribution in [0.25, 0.3) is 0 Å². The molecular weight excluding hydrogens is 386 g/mol. The Hall–Kier alpha value is -4.05. The van der Waals surface area contributed by atoms with Gasteiger partial charge in [0.1, 0.15) is 11.5 Å². The van der Waals surface area contributed by atoms with E-state index in [4.69, 9.17) is 0 Å². The highest BCUT2D eigenvalue weighted by Gasteiger charge is 2.24. The van der Waals surface area contributed by atoms with Gasteiger partial charge in [0.15, 0.2) is 0 Å². The van der Waals surface area contributed by atoms with Crippen LogP contribution in [0.4, 0.5) is 5.69 Å². The standard InChI is InChI=1S/C27H23NO3/c1-28(21-7-3-2-4-8-21)27(31)25-10-6-5-9-24(25)26(19-11-15-22(29)16-12-19)20-13-17-23(30)18-14-20/h2-18,26,29-30H,1H3. The second-order valence-corrected chi connectivity index (χ2v) is 7.40. The van der Waals surface area contributed by atoms with Gasteiger partial charge in [-0.25, -0.2) is 0 Å². The Morgan fingerprint density at radius 1 is 0.677 bits per heavy atom. The summed E-state index contributed by atoms with van der Waals surface area (Å²) in [5.74, 6) is 0.0117. The molecule has 31 heavy (non-hydrogen) atoms. The van der Waals surface area contributed by atoms with Gasteiger partial charge in [0.05, 0.1) is 0 Å². The molecular formula is C27H23NO3. The lowest BCUT2D eigenvalue weighted by atomic mass is 9.82. The van der Waals surface area contributed by atoms with Gasteiger partial charge >= 0.3 is 0 Å². The van der Waals surface area contributed by atoms with Crippen molar-refractivity contribution < 1.29 is 15.0 Å². The lowest BCUT2D eigenvalue weighted by molar-refractivity contribution is 0.0992. The molecule has 0 saturated heterocycles. The van der Waals surface area contributed by atoms with Crippen LogP contribution < -0.4 is 4.90 Å². The van der Waals surface area contributed by atoms with E-state index in [0.29, 0.717) is 5.56 Å². The van der Waals surface area contributed by atoms with Crippen molar-refractivity contribution in [3.8, 4) is 11.5 Å². The van der Waals surface area contributed by atoms with Gasteiger partial charge in [-0.05, 0) is 59.2 Å². The quantitative estimate of drug-likeness (QED) is 0.425. The zero-order valence-corrected chi connectivity index (χ0v) is 17.1. The van der Waals surface area contributed by atoms with E-state index >= 15 is 0 Å². The molecule has 0 fully saturated rings. The number of amides is 1. The van der Waals surface area contributed by atoms with Crippen molar-refractivity contribution in [3.63, 3.8) is 0 Å². The predicted octanol–water partition coefficient (Wildman–Crippen LogP) is 5.55. The van der Waals surface area contributed by atoms with Crippen molar-refractivity contribution in [2.75, 3.05) is 11.9 Å². The van der Waals surface area contributed by atoms with Gasteiger partial charge < -0.3 is 15.1 Å². The van der Waals surface area contributed by atoms with Crippen LogP contribution in [-0.2, 0) is 0 Å². The molecule has 0 aliphatic rings. The molecule has 0 radical (unpaired) electrons. The van der Waals surface area contributed by atoms with E-state index in [-0.39, 0.29) is 23.3 Å². The SMILES string of the molecule is CN(C(=O)c1ccccc1C(c1ccc(O)cc1)c1ccc(O)cc1)c1ccccc1. The minimum absolute atomic E-state index is 0.107. The molecule has 4 rings (SSSR count). The van der Waals surface area contributed by atoms with Gasteiger partial charge in [-0.3, -0.25) is 4.79 Å². The maximum atomic E-state index is 13.5. The van der Waals surface area contributed by atoms with Crippen molar-refractivity contribution in [3.05, 3.63) is 125 Å². The second kappa shape index (κ2) is 8.76. The number of para-hydroxylation sites is 1. The summed E-state index contributed by atoms with van der Waals surface area (Å²) in [4.78, 5) is 15.1. The molecule has 0 atom stereocenters. The van der Waals surface area contributed by atoms with Crippen LogP contribution >= 0.6 is 0 Å². The first-order valence-electron chi connectivity index (χ1n) is 10.0. The van der Waals surface area contributed by atoms with Crippen LogP contribution in [0.15, 0.2) is 103 Å². The van der Waals surface area contributed by atoms with Crippen LogP contribution in [0.5, 0.6) is 11.5 Å². The molecule has 4 aromatic rings. The number of rotatable bonds is 5. The number of hydrogen-bond donors (Lipinski definition) is 2. The number of hydrogen-bond acceptors (Lipinski definition) is 3. The third-order valence-electron chi connectivity index (χ3n) is 5.40. The van der Waals surface area contributed by atoms with E-state index in [1.54, 1.807) is 36.2 Å². The van der Waals surface area contributed by atoms with Crippen molar-refractivity contribution in [1.82, 2.24) is 0 Å². The summed E-state index contributed by atoms with van der Waals surface area (Å²) in [6.45, 7) is 0. The highest BCUT2D eigenvalue weighted by Crippen LogP contribution is 2.36. The van der Waals surface area contributed by atoms with E-state index in [2.05, 4.69) is 0 Å². The maximum Gasteiger partial charge on any atom is 0.258 e. The smallest absolute Gasteiger partial charge is 0.258 e. The van der Waals surface area contributed by atoms with Crippen LogP contribution in [0.3, 0.4) is 0 Å². The summed E-state index contributed by atoms with van der Waals surface area (Å²) < 4.78 is 0. The molecule has 0 spiro atoms. The number of nitrogens with zero attached hydrogens (tertiary/aromatic N) is 1. The maximum absolute atomic E-state index is 13.5. The summed E-state index contributed by atoms with van der Waals surface area (Å²) in [7, 11) is 1.77. The Balaban J connectivity index is 1.83. The van der Waals surface area contributed by atoms with Gasteiger partial charge in [0.25, 0.3) is 5.91 Å². The fourth-order valence-electron chi connectivity index (χ4n) is 3.78. The van der Waals surface area contributed by atoms with Crippen LogP contribution in [0.1, 0.15) is 33.0 Å². The number of phenols is 2. The van der Waals surface area contributed by atoms with E-state index in [1.807, 2.05) is 78.9 Å². The number of phenolic OH excluding ortho intramolecular Hbond substituents is 2. The van der Waals surface area contributed by atoms with Gasteiger partial charge in [0.2, 0.25) is 0 Å². The number of anilines is 1. The highest BCUT2D eigenvalue weighted by atomic mass is 16.3. The molecule has 2 N–H and O–H groups in total. The molecule has 0 unspecified atom stereocenters. The Bertz CT molecular complexity index is 1120. The fourth-order valence-corrected chi connectivity index (χ4v) is 3.78. The number of carbonyl (C=O) groups excluding carboxylic acids is 1. The zero-order chi connectivity index (χ0) is 21.8. The Morgan fingerprint density at radius 2 is 1.16 bits per heavy atom. The molecule has 0 aliphatic heterocycles. The van der Waals surface area contributed by atoms with Crippen LogP contribution in [0, 0.1) is 0 Å². The van der Waals surface area contributed by atoms with Crippen molar-refractivity contribution in [2.45, 2.75) is 5.92 Å². The van der Waals surface area contributed by atoms with Crippen molar-refractivity contribution in [2.24, 2.45) is 0 Å². The predicted molar refractivity (Wildman–Crippen MR) is 123 cm³/mol. The monoisotopic (exact) mass is 409 g/mol. The minimum Gasteiger partial charge on any atom is -0.508 e. The molecule has 4 nitrogen and oxygen atoms in total. The normalized spacial score (nSPS) is 10.8. The molecule has 0 aliphatic carbocycles. The van der Waals surface area contributed by atoms with Gasteiger partial charge in [-0.2, -0.15) is 0 Å². The van der Waals surface area contributed by atoms with E-state index in [0.717, 1.165) is 22.4 Å². The third kappa shape index (κ3) is 4.28. The van der Waals surface area contributed by atoms with E-state index in [1.165, 1.54) is 0 Å². The Kier molecular flexibility index (Phi) is 5.72.